The van der Waals surface area contributed by atoms with Gasteiger partial charge < -0.3 is 19.5 Å². The summed E-state index contributed by atoms with van der Waals surface area (Å²) in [5.41, 5.74) is 1.59. The third-order valence-electron chi connectivity index (χ3n) is 4.82. The maximum absolute atomic E-state index is 12.4. The monoisotopic (exact) mass is 417 g/mol. The molecule has 0 radical (unpaired) electrons. The average Bonchev–Trinajstić information content (AvgIpc) is 3.07. The Morgan fingerprint density at radius 1 is 1.17 bits per heavy atom. The van der Waals surface area contributed by atoms with Crippen molar-refractivity contribution in [1.82, 2.24) is 0 Å². The number of benzene rings is 1. The van der Waals surface area contributed by atoms with Crippen molar-refractivity contribution in [3.05, 3.63) is 45.8 Å². The molecule has 0 aliphatic heterocycles. The van der Waals surface area contributed by atoms with Crippen LogP contribution >= 0.6 is 11.3 Å². The summed E-state index contributed by atoms with van der Waals surface area (Å²) in [6, 6.07) is 6.61. The molecule has 1 aromatic carbocycles. The lowest BCUT2D eigenvalue weighted by Crippen LogP contribution is -2.22. The van der Waals surface area contributed by atoms with E-state index in [-0.39, 0.29) is 5.56 Å². The van der Waals surface area contributed by atoms with Gasteiger partial charge in [0.2, 0.25) is 0 Å². The molecule has 3 rings (SSSR count). The molecule has 0 unspecified atom stereocenters. The molecule has 154 valence electrons. The van der Waals surface area contributed by atoms with Crippen molar-refractivity contribution in [3.63, 3.8) is 0 Å². The maximum Gasteiger partial charge on any atom is 0.342 e. The minimum absolute atomic E-state index is 0.235. The van der Waals surface area contributed by atoms with E-state index in [0.717, 1.165) is 29.7 Å². The van der Waals surface area contributed by atoms with Gasteiger partial charge in [0, 0.05) is 4.88 Å². The van der Waals surface area contributed by atoms with E-state index in [9.17, 15) is 14.4 Å². The van der Waals surface area contributed by atoms with Crippen molar-refractivity contribution < 1.29 is 28.6 Å². The van der Waals surface area contributed by atoms with Crippen LogP contribution in [-0.2, 0) is 27.1 Å². The molecule has 29 heavy (non-hydrogen) atoms. The van der Waals surface area contributed by atoms with Gasteiger partial charge in [-0.05, 0) is 42.9 Å². The standard InChI is InChI=1S/C21H23NO6S/c1-12-8-9-14-16(10-12)29-19(18(14)21(25)27-3)22-17(23)11-28-20(24)13-6-4-5-7-15(13)26-2/h4-7,12H,8-11H2,1-3H3,(H,22,23)/t12-/m1/s1. The Morgan fingerprint density at radius 3 is 2.66 bits per heavy atom. The Labute approximate surface area is 173 Å². The first-order valence-electron chi connectivity index (χ1n) is 9.27. The van der Waals surface area contributed by atoms with Gasteiger partial charge in [0.05, 0.1) is 19.8 Å². The van der Waals surface area contributed by atoms with E-state index in [1.54, 1.807) is 24.3 Å². The molecule has 7 nitrogen and oxygen atoms in total. The van der Waals surface area contributed by atoms with Crippen LogP contribution in [-0.4, -0.2) is 38.7 Å². The molecule has 0 saturated carbocycles. The molecule has 1 aliphatic carbocycles. The maximum atomic E-state index is 12.4. The lowest BCUT2D eigenvalue weighted by atomic mass is 9.88. The van der Waals surface area contributed by atoms with Gasteiger partial charge in [-0.1, -0.05) is 19.1 Å². The van der Waals surface area contributed by atoms with Crippen LogP contribution in [0.3, 0.4) is 0 Å². The van der Waals surface area contributed by atoms with Crippen molar-refractivity contribution in [1.29, 1.82) is 0 Å². The van der Waals surface area contributed by atoms with Crippen LogP contribution in [0.25, 0.3) is 0 Å². The van der Waals surface area contributed by atoms with Crippen molar-refractivity contribution in [2.24, 2.45) is 5.92 Å². The van der Waals surface area contributed by atoms with Crippen molar-refractivity contribution in [2.75, 3.05) is 26.1 Å². The number of carbonyl (C=O) groups excluding carboxylic acids is 3. The van der Waals surface area contributed by atoms with Crippen LogP contribution < -0.4 is 10.1 Å². The molecule has 0 saturated heterocycles. The Hall–Kier alpha value is -2.87. The first-order chi connectivity index (χ1) is 13.9. The summed E-state index contributed by atoms with van der Waals surface area (Å²) in [6.07, 6.45) is 2.62. The Kier molecular flexibility index (Phi) is 6.53. The van der Waals surface area contributed by atoms with Gasteiger partial charge >= 0.3 is 11.9 Å². The normalized spacial score (nSPS) is 15.2. The van der Waals surface area contributed by atoms with Crippen LogP contribution in [0.2, 0.25) is 0 Å². The molecular formula is C21H23NO6S. The number of rotatable bonds is 6. The molecule has 1 aromatic heterocycles. The first-order valence-corrected chi connectivity index (χ1v) is 10.1. The van der Waals surface area contributed by atoms with Crippen LogP contribution in [0.4, 0.5) is 5.00 Å². The number of anilines is 1. The summed E-state index contributed by atoms with van der Waals surface area (Å²) < 4.78 is 15.1. The number of amides is 1. The van der Waals surface area contributed by atoms with Gasteiger partial charge in [0.1, 0.15) is 16.3 Å². The smallest absolute Gasteiger partial charge is 0.342 e. The van der Waals surface area contributed by atoms with Crippen molar-refractivity contribution in [2.45, 2.75) is 26.2 Å². The van der Waals surface area contributed by atoms with E-state index in [4.69, 9.17) is 14.2 Å². The number of esters is 2. The molecule has 2 aromatic rings. The second kappa shape index (κ2) is 9.09. The zero-order valence-electron chi connectivity index (χ0n) is 16.6. The van der Waals surface area contributed by atoms with Crippen LogP contribution in [0, 0.1) is 5.92 Å². The first kappa shape index (κ1) is 20.9. The predicted octanol–water partition coefficient (Wildman–Crippen LogP) is 3.46. The topological polar surface area (TPSA) is 90.9 Å². The second-order valence-corrected chi connectivity index (χ2v) is 7.98. The number of nitrogens with one attached hydrogen (secondary N) is 1. The van der Waals surface area contributed by atoms with E-state index < -0.39 is 24.5 Å². The van der Waals surface area contributed by atoms with Gasteiger partial charge in [-0.25, -0.2) is 9.59 Å². The van der Waals surface area contributed by atoms with Gasteiger partial charge in [-0.2, -0.15) is 0 Å². The van der Waals surface area contributed by atoms with E-state index >= 15 is 0 Å². The summed E-state index contributed by atoms with van der Waals surface area (Å²) in [5.74, 6) is -0.767. The van der Waals surface area contributed by atoms with Gasteiger partial charge in [0.15, 0.2) is 6.61 Å². The molecule has 1 atom stereocenters. The molecule has 0 spiro atoms. The quantitative estimate of drug-likeness (QED) is 0.724. The molecule has 1 amide bonds. The molecule has 0 bridgehead atoms. The minimum atomic E-state index is -0.662. The van der Waals surface area contributed by atoms with Crippen LogP contribution in [0.5, 0.6) is 5.75 Å². The molecule has 1 aliphatic rings. The van der Waals surface area contributed by atoms with Crippen LogP contribution in [0.1, 0.15) is 44.5 Å². The average molecular weight is 417 g/mol. The third-order valence-corrected chi connectivity index (χ3v) is 5.99. The molecule has 1 heterocycles. The van der Waals surface area contributed by atoms with E-state index in [2.05, 4.69) is 12.2 Å². The lowest BCUT2D eigenvalue weighted by molar-refractivity contribution is -0.119. The van der Waals surface area contributed by atoms with Gasteiger partial charge in [-0.15, -0.1) is 11.3 Å². The number of para-hydroxylation sites is 1. The molecule has 1 N–H and O–H groups in total. The lowest BCUT2D eigenvalue weighted by Gasteiger charge is -2.18. The highest BCUT2D eigenvalue weighted by molar-refractivity contribution is 7.17. The van der Waals surface area contributed by atoms with Crippen LogP contribution in [0.15, 0.2) is 24.3 Å². The fourth-order valence-corrected chi connectivity index (χ4v) is 4.76. The summed E-state index contributed by atoms with van der Waals surface area (Å²) >= 11 is 1.38. The van der Waals surface area contributed by atoms with E-state index in [0.29, 0.717) is 22.2 Å². The third kappa shape index (κ3) is 4.59. The van der Waals surface area contributed by atoms with E-state index in [1.165, 1.54) is 25.6 Å². The number of hydrogen-bond acceptors (Lipinski definition) is 7. The summed E-state index contributed by atoms with van der Waals surface area (Å²) in [5, 5.41) is 3.14. The molecular weight excluding hydrogens is 394 g/mol. The molecule has 8 heteroatoms. The number of methoxy groups -OCH3 is 2. The number of carbonyl (C=O) groups is 3. The molecule has 0 fully saturated rings. The fourth-order valence-electron chi connectivity index (χ4n) is 3.34. The Bertz CT molecular complexity index is 935. The highest BCUT2D eigenvalue weighted by Gasteiger charge is 2.29. The van der Waals surface area contributed by atoms with Crippen molar-refractivity contribution >= 4 is 34.2 Å². The van der Waals surface area contributed by atoms with Gasteiger partial charge in [-0.3, -0.25) is 4.79 Å². The predicted molar refractivity (Wildman–Crippen MR) is 109 cm³/mol. The highest BCUT2D eigenvalue weighted by Crippen LogP contribution is 2.40. The van der Waals surface area contributed by atoms with E-state index in [1.807, 2.05) is 0 Å². The summed E-state index contributed by atoms with van der Waals surface area (Å²) in [4.78, 5) is 38.0. The SMILES string of the molecule is COC(=O)c1c(NC(=O)COC(=O)c2ccccc2OC)sc2c1CC[C@@H](C)C2. The number of hydrogen-bond donors (Lipinski definition) is 1. The van der Waals surface area contributed by atoms with Gasteiger partial charge in [0.25, 0.3) is 5.91 Å². The Balaban J connectivity index is 1.71. The second-order valence-electron chi connectivity index (χ2n) is 6.87. The zero-order chi connectivity index (χ0) is 21.0. The summed E-state index contributed by atoms with van der Waals surface area (Å²) in [7, 11) is 2.77. The highest BCUT2D eigenvalue weighted by atomic mass is 32.1. The fraction of sp³-hybridized carbons (Fsp3) is 0.381. The zero-order valence-corrected chi connectivity index (χ0v) is 17.4. The largest absolute Gasteiger partial charge is 0.496 e. The number of ether oxygens (including phenoxy) is 3. The Morgan fingerprint density at radius 2 is 1.93 bits per heavy atom. The number of thiophene rings is 1. The van der Waals surface area contributed by atoms with Crippen molar-refractivity contribution in [3.8, 4) is 5.75 Å². The number of fused-ring (bicyclic) bond motifs is 1. The minimum Gasteiger partial charge on any atom is -0.496 e. The summed E-state index contributed by atoms with van der Waals surface area (Å²) in [6.45, 7) is 1.69.